The Kier molecular flexibility index (Phi) is 4.10. The number of hydrogen-bond donors (Lipinski definition) is 2. The lowest BCUT2D eigenvalue weighted by atomic mass is 10.2. The van der Waals surface area contributed by atoms with E-state index in [0.717, 1.165) is 5.56 Å². The fourth-order valence-electron chi connectivity index (χ4n) is 1.45. The van der Waals surface area contributed by atoms with Crippen LogP contribution in [0.3, 0.4) is 0 Å². The highest BCUT2D eigenvalue weighted by Crippen LogP contribution is 2.09. The van der Waals surface area contributed by atoms with Gasteiger partial charge >= 0.3 is 5.97 Å². The Morgan fingerprint density at radius 2 is 2.12 bits per heavy atom. The zero-order valence-corrected chi connectivity index (χ0v) is 9.49. The third kappa shape index (κ3) is 3.12. The number of carbonyl (C=O) groups excluding carboxylic acids is 1. The number of carbonyl (C=O) groups is 2. The van der Waals surface area contributed by atoms with Gasteiger partial charge in [0.25, 0.3) is 5.91 Å². The molecule has 0 aliphatic carbocycles. The normalized spacial score (nSPS) is 10.1. The van der Waals surface area contributed by atoms with Crippen molar-refractivity contribution >= 4 is 11.9 Å². The number of carboxylic acids is 1. The Balaban J connectivity index is 2.49. The summed E-state index contributed by atoms with van der Waals surface area (Å²) in [5.74, 6) is -0.914. The number of H-pyrrole nitrogens is 1. The topological polar surface area (TPSA) is 73.4 Å². The molecule has 0 atom stereocenters. The van der Waals surface area contributed by atoms with Gasteiger partial charge in [-0.25, -0.2) is 0 Å². The molecule has 0 saturated carbocycles. The average molecular weight is 224 g/mol. The van der Waals surface area contributed by atoms with Crippen LogP contribution in [-0.2, 0) is 4.79 Å². The second-order valence-corrected chi connectivity index (χ2v) is 3.78. The molecule has 0 spiro atoms. The third-order valence-corrected chi connectivity index (χ3v) is 2.41. The van der Waals surface area contributed by atoms with E-state index in [0.29, 0.717) is 18.5 Å². The van der Waals surface area contributed by atoms with E-state index in [1.165, 1.54) is 0 Å². The van der Waals surface area contributed by atoms with Crippen molar-refractivity contribution in [1.82, 2.24) is 9.88 Å². The number of amides is 1. The van der Waals surface area contributed by atoms with Gasteiger partial charge in [-0.1, -0.05) is 0 Å². The molecule has 16 heavy (non-hydrogen) atoms. The predicted octanol–water partition coefficient (Wildman–Crippen LogP) is 1.26. The summed E-state index contributed by atoms with van der Waals surface area (Å²) >= 11 is 0. The van der Waals surface area contributed by atoms with Gasteiger partial charge in [0.15, 0.2) is 0 Å². The molecule has 0 bridgehead atoms. The van der Waals surface area contributed by atoms with Crippen LogP contribution >= 0.6 is 0 Å². The number of aromatic nitrogens is 1. The molecule has 0 aliphatic heterocycles. The SMILES string of the molecule is Cc1c[nH]cc1C(=O)N(C)CCCC(=O)O. The van der Waals surface area contributed by atoms with Crippen molar-refractivity contribution in [1.29, 1.82) is 0 Å². The Hall–Kier alpha value is -1.78. The fourth-order valence-corrected chi connectivity index (χ4v) is 1.45. The monoisotopic (exact) mass is 224 g/mol. The number of nitrogens with one attached hydrogen (secondary N) is 1. The molecule has 1 aromatic heterocycles. The van der Waals surface area contributed by atoms with Crippen LogP contribution in [0.1, 0.15) is 28.8 Å². The molecule has 5 heteroatoms. The van der Waals surface area contributed by atoms with E-state index in [2.05, 4.69) is 4.98 Å². The summed E-state index contributed by atoms with van der Waals surface area (Å²) in [6, 6.07) is 0. The molecule has 2 N–H and O–H groups in total. The van der Waals surface area contributed by atoms with Crippen LogP contribution in [0.4, 0.5) is 0 Å². The van der Waals surface area contributed by atoms with Crippen molar-refractivity contribution in [2.75, 3.05) is 13.6 Å². The van der Waals surface area contributed by atoms with Crippen LogP contribution < -0.4 is 0 Å². The molecule has 88 valence electrons. The van der Waals surface area contributed by atoms with E-state index in [9.17, 15) is 9.59 Å². The summed E-state index contributed by atoms with van der Waals surface area (Å²) in [6.07, 6.45) is 3.98. The smallest absolute Gasteiger partial charge is 0.303 e. The largest absolute Gasteiger partial charge is 0.481 e. The van der Waals surface area contributed by atoms with Crippen LogP contribution in [0.5, 0.6) is 0 Å². The van der Waals surface area contributed by atoms with E-state index in [-0.39, 0.29) is 12.3 Å². The lowest BCUT2D eigenvalue weighted by Crippen LogP contribution is -2.28. The van der Waals surface area contributed by atoms with Gasteiger partial charge in [-0.2, -0.15) is 0 Å². The minimum atomic E-state index is -0.835. The summed E-state index contributed by atoms with van der Waals surface area (Å²) in [7, 11) is 1.68. The number of hydrogen-bond acceptors (Lipinski definition) is 2. The van der Waals surface area contributed by atoms with Crippen LogP contribution in [0.15, 0.2) is 12.4 Å². The van der Waals surface area contributed by atoms with E-state index in [4.69, 9.17) is 5.11 Å². The first kappa shape index (κ1) is 12.3. The van der Waals surface area contributed by atoms with Gasteiger partial charge in [0, 0.05) is 32.4 Å². The fraction of sp³-hybridized carbons (Fsp3) is 0.455. The Morgan fingerprint density at radius 3 is 2.62 bits per heavy atom. The van der Waals surface area contributed by atoms with Crippen molar-refractivity contribution in [3.63, 3.8) is 0 Å². The van der Waals surface area contributed by atoms with Crippen molar-refractivity contribution in [2.45, 2.75) is 19.8 Å². The zero-order valence-electron chi connectivity index (χ0n) is 9.49. The van der Waals surface area contributed by atoms with Crippen molar-refractivity contribution in [3.8, 4) is 0 Å². The van der Waals surface area contributed by atoms with Gasteiger partial charge < -0.3 is 15.0 Å². The standard InChI is InChI=1S/C11H16N2O3/c1-8-6-12-7-9(8)11(16)13(2)5-3-4-10(14)15/h6-7,12H,3-5H2,1-2H3,(H,14,15). The first-order chi connectivity index (χ1) is 7.52. The van der Waals surface area contributed by atoms with Crippen LogP contribution in [0, 0.1) is 6.92 Å². The van der Waals surface area contributed by atoms with E-state index in [1.54, 1.807) is 24.3 Å². The number of aliphatic carboxylic acids is 1. The zero-order chi connectivity index (χ0) is 12.1. The molecule has 1 aromatic rings. The molecule has 0 aliphatic rings. The van der Waals surface area contributed by atoms with Gasteiger partial charge in [0.05, 0.1) is 5.56 Å². The Labute approximate surface area is 94.1 Å². The molecular formula is C11H16N2O3. The second kappa shape index (κ2) is 5.34. The van der Waals surface area contributed by atoms with Gasteiger partial charge in [0.2, 0.25) is 0 Å². The van der Waals surface area contributed by atoms with E-state index in [1.807, 2.05) is 6.92 Å². The first-order valence-electron chi connectivity index (χ1n) is 5.13. The summed E-state index contributed by atoms with van der Waals surface area (Å²) in [6.45, 7) is 2.31. The molecule has 0 saturated heterocycles. The minimum absolute atomic E-state index is 0.0795. The molecular weight excluding hydrogens is 208 g/mol. The van der Waals surface area contributed by atoms with Gasteiger partial charge in [0.1, 0.15) is 0 Å². The highest BCUT2D eigenvalue weighted by molar-refractivity contribution is 5.95. The Morgan fingerprint density at radius 1 is 1.44 bits per heavy atom. The second-order valence-electron chi connectivity index (χ2n) is 3.78. The Bertz CT molecular complexity index is 384. The maximum absolute atomic E-state index is 11.9. The highest BCUT2D eigenvalue weighted by atomic mass is 16.4. The lowest BCUT2D eigenvalue weighted by molar-refractivity contribution is -0.137. The van der Waals surface area contributed by atoms with E-state index >= 15 is 0 Å². The summed E-state index contributed by atoms with van der Waals surface area (Å²) in [5.41, 5.74) is 1.54. The average Bonchev–Trinajstić information content (AvgIpc) is 2.62. The van der Waals surface area contributed by atoms with Crippen LogP contribution in [-0.4, -0.2) is 40.5 Å². The number of carboxylic acid groups (broad SMARTS) is 1. The van der Waals surface area contributed by atoms with Gasteiger partial charge in [-0.05, 0) is 18.9 Å². The van der Waals surface area contributed by atoms with Gasteiger partial charge in [-0.3, -0.25) is 9.59 Å². The quantitative estimate of drug-likeness (QED) is 0.790. The molecule has 0 radical (unpaired) electrons. The molecule has 0 aromatic carbocycles. The molecule has 1 amide bonds. The highest BCUT2D eigenvalue weighted by Gasteiger charge is 2.14. The predicted molar refractivity (Wildman–Crippen MR) is 59.4 cm³/mol. The number of nitrogens with zero attached hydrogens (tertiary/aromatic N) is 1. The minimum Gasteiger partial charge on any atom is -0.481 e. The maximum atomic E-state index is 11.9. The van der Waals surface area contributed by atoms with Gasteiger partial charge in [-0.15, -0.1) is 0 Å². The third-order valence-electron chi connectivity index (χ3n) is 2.41. The van der Waals surface area contributed by atoms with Crippen LogP contribution in [0.2, 0.25) is 0 Å². The first-order valence-corrected chi connectivity index (χ1v) is 5.13. The molecule has 1 rings (SSSR count). The molecule has 0 fully saturated rings. The summed E-state index contributed by atoms with van der Waals surface area (Å²) < 4.78 is 0. The van der Waals surface area contributed by atoms with Crippen molar-refractivity contribution in [2.24, 2.45) is 0 Å². The number of rotatable bonds is 5. The maximum Gasteiger partial charge on any atom is 0.303 e. The summed E-state index contributed by atoms with van der Waals surface area (Å²) in [5, 5.41) is 8.48. The van der Waals surface area contributed by atoms with Crippen molar-refractivity contribution < 1.29 is 14.7 Å². The summed E-state index contributed by atoms with van der Waals surface area (Å²) in [4.78, 5) is 26.6. The molecule has 0 unspecified atom stereocenters. The molecule has 1 heterocycles. The van der Waals surface area contributed by atoms with Crippen LogP contribution in [0.25, 0.3) is 0 Å². The molecule has 5 nitrogen and oxygen atoms in total. The van der Waals surface area contributed by atoms with Crippen molar-refractivity contribution in [3.05, 3.63) is 23.5 Å². The number of aromatic amines is 1. The lowest BCUT2D eigenvalue weighted by Gasteiger charge is -2.16. The number of aryl methyl sites for hydroxylation is 1. The van der Waals surface area contributed by atoms with E-state index < -0.39 is 5.97 Å².